The zero-order valence-corrected chi connectivity index (χ0v) is 13.1. The number of rotatable bonds is 6. The van der Waals surface area contributed by atoms with E-state index in [1.54, 1.807) is 19.1 Å². The average Bonchev–Trinajstić information content (AvgIpc) is 2.98. The van der Waals surface area contributed by atoms with Crippen molar-refractivity contribution >= 4 is 11.6 Å². The van der Waals surface area contributed by atoms with Gasteiger partial charge in [0.05, 0.1) is 11.0 Å². The lowest BCUT2D eigenvalue weighted by Gasteiger charge is -2.15. The van der Waals surface area contributed by atoms with Gasteiger partial charge in [-0.2, -0.15) is 0 Å². The van der Waals surface area contributed by atoms with E-state index in [1.807, 2.05) is 13.0 Å². The highest BCUT2D eigenvalue weighted by atomic mass is 16.6. The summed E-state index contributed by atoms with van der Waals surface area (Å²) in [6, 6.07) is 4.86. The average molecular weight is 305 g/mol. The second-order valence-corrected chi connectivity index (χ2v) is 5.99. The molecule has 2 rings (SSSR count). The van der Waals surface area contributed by atoms with Crippen molar-refractivity contribution in [2.24, 2.45) is 5.92 Å². The van der Waals surface area contributed by atoms with Gasteiger partial charge >= 0.3 is 0 Å². The molecule has 0 radical (unpaired) electrons. The van der Waals surface area contributed by atoms with Crippen molar-refractivity contribution in [1.29, 1.82) is 0 Å². The van der Waals surface area contributed by atoms with Crippen LogP contribution in [0, 0.1) is 23.0 Å². The van der Waals surface area contributed by atoms with E-state index in [2.05, 4.69) is 10.6 Å². The lowest BCUT2D eigenvalue weighted by atomic mass is 10.0. The van der Waals surface area contributed by atoms with Crippen LogP contribution in [0.3, 0.4) is 0 Å². The first kappa shape index (κ1) is 16.4. The highest BCUT2D eigenvalue weighted by Crippen LogP contribution is 2.23. The zero-order chi connectivity index (χ0) is 16.1. The van der Waals surface area contributed by atoms with Gasteiger partial charge in [0, 0.05) is 18.1 Å². The number of carbonyl (C=O) groups excluding carboxylic acids is 1. The van der Waals surface area contributed by atoms with E-state index >= 15 is 0 Å². The fourth-order valence-electron chi connectivity index (χ4n) is 2.79. The van der Waals surface area contributed by atoms with E-state index in [1.165, 1.54) is 0 Å². The van der Waals surface area contributed by atoms with Crippen molar-refractivity contribution < 1.29 is 9.72 Å². The Hall–Kier alpha value is -1.95. The first-order valence-electron chi connectivity index (χ1n) is 7.72. The summed E-state index contributed by atoms with van der Waals surface area (Å²) >= 11 is 0. The minimum absolute atomic E-state index is 0.00243. The van der Waals surface area contributed by atoms with Crippen molar-refractivity contribution in [2.75, 3.05) is 13.1 Å². The molecule has 0 spiro atoms. The van der Waals surface area contributed by atoms with Gasteiger partial charge in [0.1, 0.15) is 0 Å². The number of aryl methyl sites for hydroxylation is 1. The molecule has 1 fully saturated rings. The fourth-order valence-corrected chi connectivity index (χ4v) is 2.79. The molecule has 1 amide bonds. The molecule has 1 aromatic rings. The van der Waals surface area contributed by atoms with Crippen LogP contribution < -0.4 is 10.6 Å². The summed E-state index contributed by atoms with van der Waals surface area (Å²) in [5.41, 5.74) is 1.48. The highest BCUT2D eigenvalue weighted by molar-refractivity contribution is 5.76. The third kappa shape index (κ3) is 4.27. The van der Waals surface area contributed by atoms with E-state index in [-0.39, 0.29) is 22.6 Å². The minimum Gasteiger partial charge on any atom is -0.350 e. The van der Waals surface area contributed by atoms with Crippen LogP contribution in [-0.2, 0) is 4.79 Å². The summed E-state index contributed by atoms with van der Waals surface area (Å²) in [7, 11) is 0. The number of nitrogens with one attached hydrogen (secondary N) is 2. The van der Waals surface area contributed by atoms with Crippen LogP contribution in [0.1, 0.15) is 43.4 Å². The van der Waals surface area contributed by atoms with Crippen LogP contribution in [0.15, 0.2) is 18.2 Å². The number of carbonyl (C=O) groups is 1. The number of nitro benzene ring substituents is 1. The molecular weight excluding hydrogens is 282 g/mol. The first-order valence-corrected chi connectivity index (χ1v) is 7.72. The molecule has 120 valence electrons. The van der Waals surface area contributed by atoms with Crippen molar-refractivity contribution in [3.8, 4) is 0 Å². The highest BCUT2D eigenvalue weighted by Gasteiger charge is 2.18. The van der Waals surface area contributed by atoms with Gasteiger partial charge in [-0.1, -0.05) is 12.1 Å². The third-order valence-corrected chi connectivity index (χ3v) is 4.25. The lowest BCUT2D eigenvalue weighted by Crippen LogP contribution is -2.27. The van der Waals surface area contributed by atoms with Crippen molar-refractivity contribution in [1.82, 2.24) is 10.6 Å². The van der Waals surface area contributed by atoms with Gasteiger partial charge in [0.2, 0.25) is 5.91 Å². The van der Waals surface area contributed by atoms with E-state index in [4.69, 9.17) is 0 Å². The standard InChI is InChI=1S/C16H23N3O3/c1-11-3-5-14(9-15(11)19(21)22)12(2)18-16(20)6-4-13-7-8-17-10-13/h3,5,9,12-13,17H,4,6-8,10H2,1-2H3,(H,18,20). The summed E-state index contributed by atoms with van der Waals surface area (Å²) < 4.78 is 0. The van der Waals surface area contributed by atoms with Gasteiger partial charge in [0.15, 0.2) is 0 Å². The SMILES string of the molecule is Cc1ccc(C(C)NC(=O)CCC2CCNC2)cc1[N+](=O)[O-]. The van der Waals surface area contributed by atoms with E-state index in [0.717, 1.165) is 31.5 Å². The van der Waals surface area contributed by atoms with Crippen LogP contribution in [0.4, 0.5) is 5.69 Å². The molecule has 0 bridgehead atoms. The van der Waals surface area contributed by atoms with Gasteiger partial charge in [0.25, 0.3) is 5.69 Å². The quantitative estimate of drug-likeness (QED) is 0.624. The van der Waals surface area contributed by atoms with E-state index in [0.29, 0.717) is 17.9 Å². The maximum absolute atomic E-state index is 12.0. The number of benzene rings is 1. The molecule has 0 aromatic heterocycles. The van der Waals surface area contributed by atoms with Gasteiger partial charge in [-0.15, -0.1) is 0 Å². The third-order valence-electron chi connectivity index (χ3n) is 4.25. The Morgan fingerprint density at radius 3 is 2.95 bits per heavy atom. The molecular formula is C16H23N3O3. The van der Waals surface area contributed by atoms with Gasteiger partial charge in [-0.05, 0) is 51.3 Å². The Bertz CT molecular complexity index is 554. The Labute approximate surface area is 130 Å². The molecule has 6 heteroatoms. The van der Waals surface area contributed by atoms with Gasteiger partial charge in [-0.3, -0.25) is 14.9 Å². The molecule has 0 aliphatic carbocycles. The Morgan fingerprint density at radius 1 is 1.55 bits per heavy atom. The molecule has 2 atom stereocenters. The van der Waals surface area contributed by atoms with Gasteiger partial charge < -0.3 is 10.6 Å². The Balaban J connectivity index is 1.90. The van der Waals surface area contributed by atoms with Crippen LogP contribution >= 0.6 is 0 Å². The largest absolute Gasteiger partial charge is 0.350 e. The predicted molar refractivity (Wildman–Crippen MR) is 84.6 cm³/mol. The van der Waals surface area contributed by atoms with Crippen LogP contribution in [0.2, 0.25) is 0 Å². The molecule has 1 heterocycles. The molecule has 2 N–H and O–H groups in total. The number of hydrogen-bond acceptors (Lipinski definition) is 4. The lowest BCUT2D eigenvalue weighted by molar-refractivity contribution is -0.385. The Morgan fingerprint density at radius 2 is 2.32 bits per heavy atom. The second-order valence-electron chi connectivity index (χ2n) is 5.99. The number of nitrogens with zero attached hydrogens (tertiary/aromatic N) is 1. The minimum atomic E-state index is -0.388. The monoisotopic (exact) mass is 305 g/mol. The summed E-state index contributed by atoms with van der Waals surface area (Å²) in [4.78, 5) is 22.6. The molecule has 2 unspecified atom stereocenters. The zero-order valence-electron chi connectivity index (χ0n) is 13.1. The molecule has 1 saturated heterocycles. The predicted octanol–water partition coefficient (Wildman–Crippen LogP) is 2.47. The number of hydrogen-bond donors (Lipinski definition) is 2. The fraction of sp³-hybridized carbons (Fsp3) is 0.562. The van der Waals surface area contributed by atoms with Crippen LogP contribution in [0.5, 0.6) is 0 Å². The maximum Gasteiger partial charge on any atom is 0.272 e. The molecule has 6 nitrogen and oxygen atoms in total. The van der Waals surface area contributed by atoms with Crippen molar-refractivity contribution in [3.05, 3.63) is 39.4 Å². The molecule has 1 aliphatic heterocycles. The summed E-state index contributed by atoms with van der Waals surface area (Å²) in [5, 5.41) is 17.2. The normalized spacial score (nSPS) is 18.9. The number of amides is 1. The smallest absolute Gasteiger partial charge is 0.272 e. The second kappa shape index (κ2) is 7.35. The van der Waals surface area contributed by atoms with Crippen LogP contribution in [-0.4, -0.2) is 23.9 Å². The summed E-state index contributed by atoms with van der Waals surface area (Å²) in [6.07, 6.45) is 2.53. The number of nitro groups is 1. The molecule has 0 saturated carbocycles. The summed E-state index contributed by atoms with van der Waals surface area (Å²) in [6.45, 7) is 5.59. The van der Waals surface area contributed by atoms with E-state index in [9.17, 15) is 14.9 Å². The molecule has 22 heavy (non-hydrogen) atoms. The van der Waals surface area contributed by atoms with Gasteiger partial charge in [-0.25, -0.2) is 0 Å². The summed E-state index contributed by atoms with van der Waals surface area (Å²) in [5.74, 6) is 0.587. The molecule has 1 aliphatic rings. The van der Waals surface area contributed by atoms with Crippen molar-refractivity contribution in [2.45, 2.75) is 39.2 Å². The first-order chi connectivity index (χ1) is 10.5. The van der Waals surface area contributed by atoms with Crippen molar-refractivity contribution in [3.63, 3.8) is 0 Å². The van der Waals surface area contributed by atoms with E-state index < -0.39 is 0 Å². The maximum atomic E-state index is 12.0. The Kier molecular flexibility index (Phi) is 5.49. The molecule has 1 aromatic carbocycles. The van der Waals surface area contributed by atoms with Crippen LogP contribution in [0.25, 0.3) is 0 Å². The topological polar surface area (TPSA) is 84.3 Å².